The molecule has 0 aromatic heterocycles. The summed E-state index contributed by atoms with van der Waals surface area (Å²) >= 11 is 0. The van der Waals surface area contributed by atoms with Gasteiger partial charge in [-0.1, -0.05) is 19.4 Å². The Morgan fingerprint density at radius 1 is 1.33 bits per heavy atom. The first kappa shape index (κ1) is 12.7. The largest absolute Gasteiger partial charge is 0.395 e. The van der Waals surface area contributed by atoms with Crippen LogP contribution in [0.2, 0.25) is 0 Å². The maximum absolute atomic E-state index is 9.02. The zero-order chi connectivity index (χ0) is 11.1. The summed E-state index contributed by atoms with van der Waals surface area (Å²) in [5.41, 5.74) is 0. The van der Waals surface area contributed by atoms with Crippen molar-refractivity contribution in [3.63, 3.8) is 0 Å². The lowest BCUT2D eigenvalue weighted by Gasteiger charge is -2.35. The Balaban J connectivity index is 2.37. The summed E-state index contributed by atoms with van der Waals surface area (Å²) in [5.74, 6) is 0.945. The van der Waals surface area contributed by atoms with Crippen molar-refractivity contribution in [2.75, 3.05) is 19.7 Å². The van der Waals surface area contributed by atoms with E-state index >= 15 is 0 Å². The highest BCUT2D eigenvalue weighted by Crippen LogP contribution is 2.29. The van der Waals surface area contributed by atoms with E-state index in [2.05, 4.69) is 18.4 Å². The molecule has 0 saturated heterocycles. The molecule has 1 aliphatic rings. The van der Waals surface area contributed by atoms with Gasteiger partial charge < -0.3 is 5.11 Å². The Morgan fingerprint density at radius 2 is 2.00 bits per heavy atom. The van der Waals surface area contributed by atoms with Crippen LogP contribution in [0.1, 0.15) is 39.0 Å². The first-order valence-electron chi connectivity index (χ1n) is 6.27. The fourth-order valence-electron chi connectivity index (χ4n) is 2.64. The van der Waals surface area contributed by atoms with E-state index in [9.17, 15) is 0 Å². The van der Waals surface area contributed by atoms with Gasteiger partial charge in [-0.25, -0.2) is 0 Å². The lowest BCUT2D eigenvalue weighted by molar-refractivity contribution is 0.121. The predicted octanol–water partition coefficient (Wildman–Crippen LogP) is 2.44. The first-order valence-corrected chi connectivity index (χ1v) is 6.27. The van der Waals surface area contributed by atoms with Crippen LogP contribution in [-0.2, 0) is 0 Å². The topological polar surface area (TPSA) is 23.5 Å². The van der Waals surface area contributed by atoms with Gasteiger partial charge in [0.25, 0.3) is 0 Å². The minimum Gasteiger partial charge on any atom is -0.395 e. The van der Waals surface area contributed by atoms with E-state index in [1.807, 2.05) is 6.08 Å². The fourth-order valence-corrected chi connectivity index (χ4v) is 2.64. The van der Waals surface area contributed by atoms with Crippen molar-refractivity contribution >= 4 is 0 Å². The molecule has 0 aliphatic heterocycles. The molecule has 0 radical (unpaired) electrons. The van der Waals surface area contributed by atoms with Crippen LogP contribution in [0, 0.1) is 5.92 Å². The van der Waals surface area contributed by atoms with Crippen LogP contribution >= 0.6 is 0 Å². The molecule has 0 aromatic rings. The van der Waals surface area contributed by atoms with E-state index in [1.165, 1.54) is 32.1 Å². The summed E-state index contributed by atoms with van der Waals surface area (Å²) in [4.78, 5) is 2.37. The monoisotopic (exact) mass is 211 g/mol. The maximum Gasteiger partial charge on any atom is 0.0558 e. The van der Waals surface area contributed by atoms with Gasteiger partial charge in [0.2, 0.25) is 0 Å². The Hall–Kier alpha value is -0.340. The second-order valence-corrected chi connectivity index (χ2v) is 4.59. The molecule has 0 atom stereocenters. The van der Waals surface area contributed by atoms with E-state index < -0.39 is 0 Å². The molecular formula is C13H25NO. The molecule has 2 nitrogen and oxygen atoms in total. The van der Waals surface area contributed by atoms with Crippen LogP contribution in [0.25, 0.3) is 0 Å². The van der Waals surface area contributed by atoms with Crippen molar-refractivity contribution in [1.82, 2.24) is 4.90 Å². The van der Waals surface area contributed by atoms with Crippen molar-refractivity contribution in [3.8, 4) is 0 Å². The molecule has 1 saturated carbocycles. The van der Waals surface area contributed by atoms with Crippen LogP contribution in [-0.4, -0.2) is 35.7 Å². The smallest absolute Gasteiger partial charge is 0.0558 e. The van der Waals surface area contributed by atoms with E-state index in [0.717, 1.165) is 19.0 Å². The second-order valence-electron chi connectivity index (χ2n) is 4.59. The van der Waals surface area contributed by atoms with E-state index in [4.69, 9.17) is 5.11 Å². The number of hydrogen-bond acceptors (Lipinski definition) is 2. The third kappa shape index (κ3) is 3.96. The van der Waals surface area contributed by atoms with Gasteiger partial charge in [0.1, 0.15) is 0 Å². The molecule has 0 spiro atoms. The molecule has 2 heteroatoms. The molecular weight excluding hydrogens is 186 g/mol. The number of hydrogen-bond donors (Lipinski definition) is 1. The highest BCUT2D eigenvalue weighted by atomic mass is 16.3. The molecule has 0 bridgehead atoms. The van der Waals surface area contributed by atoms with Crippen LogP contribution in [0.3, 0.4) is 0 Å². The van der Waals surface area contributed by atoms with Crippen LogP contribution in [0.4, 0.5) is 0 Å². The maximum atomic E-state index is 9.02. The zero-order valence-corrected chi connectivity index (χ0v) is 9.99. The molecule has 1 rings (SSSR count). The standard InChI is InChI=1S/C13H25NO/c1-3-9-14(10-11-15)13-7-5-12(4-2)6-8-13/h3,12-13,15H,1,4-11H2,2H3. The lowest BCUT2D eigenvalue weighted by atomic mass is 9.84. The van der Waals surface area contributed by atoms with Crippen molar-refractivity contribution in [2.45, 2.75) is 45.1 Å². The third-order valence-corrected chi connectivity index (χ3v) is 3.66. The van der Waals surface area contributed by atoms with Crippen molar-refractivity contribution in [3.05, 3.63) is 12.7 Å². The molecule has 88 valence electrons. The Bertz CT molecular complexity index is 173. The number of aliphatic hydroxyl groups excluding tert-OH is 1. The Kier molecular flexibility index (Phi) is 5.96. The average Bonchev–Trinajstić information content (AvgIpc) is 2.29. The van der Waals surface area contributed by atoms with Crippen LogP contribution in [0.5, 0.6) is 0 Å². The number of rotatable bonds is 6. The summed E-state index contributed by atoms with van der Waals surface area (Å²) in [6.45, 7) is 8.06. The van der Waals surface area contributed by atoms with E-state index in [-0.39, 0.29) is 6.61 Å². The van der Waals surface area contributed by atoms with E-state index in [0.29, 0.717) is 6.04 Å². The normalized spacial score (nSPS) is 26.9. The summed E-state index contributed by atoms with van der Waals surface area (Å²) in [6.07, 6.45) is 8.59. The fraction of sp³-hybridized carbons (Fsp3) is 0.846. The summed E-state index contributed by atoms with van der Waals surface area (Å²) in [6, 6.07) is 0.679. The SMILES string of the molecule is C=CCN(CCO)C1CCC(CC)CC1. The molecule has 1 N–H and O–H groups in total. The molecule has 0 unspecified atom stereocenters. The highest BCUT2D eigenvalue weighted by molar-refractivity contribution is 4.83. The minimum absolute atomic E-state index is 0.265. The molecule has 0 amide bonds. The quantitative estimate of drug-likeness (QED) is 0.682. The summed E-state index contributed by atoms with van der Waals surface area (Å²) < 4.78 is 0. The van der Waals surface area contributed by atoms with E-state index in [1.54, 1.807) is 0 Å². The molecule has 1 fully saturated rings. The molecule has 15 heavy (non-hydrogen) atoms. The van der Waals surface area contributed by atoms with Gasteiger partial charge in [0.05, 0.1) is 6.61 Å². The van der Waals surface area contributed by atoms with Crippen molar-refractivity contribution in [2.24, 2.45) is 5.92 Å². The Labute approximate surface area is 94.0 Å². The summed E-state index contributed by atoms with van der Waals surface area (Å²) in [7, 11) is 0. The molecule has 0 aromatic carbocycles. The van der Waals surface area contributed by atoms with Gasteiger partial charge in [-0.05, 0) is 31.6 Å². The second kappa shape index (κ2) is 7.02. The van der Waals surface area contributed by atoms with Crippen LogP contribution < -0.4 is 0 Å². The average molecular weight is 211 g/mol. The van der Waals surface area contributed by atoms with Gasteiger partial charge in [0.15, 0.2) is 0 Å². The minimum atomic E-state index is 0.265. The number of nitrogens with zero attached hydrogens (tertiary/aromatic N) is 1. The van der Waals surface area contributed by atoms with Gasteiger partial charge >= 0.3 is 0 Å². The highest BCUT2D eigenvalue weighted by Gasteiger charge is 2.23. The zero-order valence-electron chi connectivity index (χ0n) is 9.99. The summed E-state index contributed by atoms with van der Waals surface area (Å²) in [5, 5.41) is 9.02. The van der Waals surface area contributed by atoms with Crippen LogP contribution in [0.15, 0.2) is 12.7 Å². The molecule has 0 heterocycles. The number of aliphatic hydroxyl groups is 1. The van der Waals surface area contributed by atoms with Gasteiger partial charge in [-0.3, -0.25) is 4.90 Å². The first-order chi connectivity index (χ1) is 7.31. The third-order valence-electron chi connectivity index (χ3n) is 3.66. The lowest BCUT2D eigenvalue weighted by Crippen LogP contribution is -2.39. The Morgan fingerprint density at radius 3 is 2.47 bits per heavy atom. The van der Waals surface area contributed by atoms with Crippen molar-refractivity contribution < 1.29 is 5.11 Å². The molecule has 1 aliphatic carbocycles. The predicted molar refractivity (Wildman–Crippen MR) is 64.9 cm³/mol. The van der Waals surface area contributed by atoms with Gasteiger partial charge in [-0.2, -0.15) is 0 Å². The van der Waals surface area contributed by atoms with Crippen molar-refractivity contribution in [1.29, 1.82) is 0 Å². The van der Waals surface area contributed by atoms with Gasteiger partial charge in [0, 0.05) is 19.1 Å². The van der Waals surface area contributed by atoms with Gasteiger partial charge in [-0.15, -0.1) is 6.58 Å².